The lowest BCUT2D eigenvalue weighted by Gasteiger charge is -2.22. The lowest BCUT2D eigenvalue weighted by molar-refractivity contribution is -0.123. The summed E-state index contributed by atoms with van der Waals surface area (Å²) in [6.45, 7) is 7.26. The van der Waals surface area contributed by atoms with Gasteiger partial charge in [-0.25, -0.2) is 4.79 Å². The van der Waals surface area contributed by atoms with Gasteiger partial charge in [-0.1, -0.05) is 6.92 Å². The zero-order valence-corrected chi connectivity index (χ0v) is 14.1. The molecule has 0 aliphatic carbocycles. The van der Waals surface area contributed by atoms with Gasteiger partial charge < -0.3 is 15.0 Å². The summed E-state index contributed by atoms with van der Waals surface area (Å²) in [4.78, 5) is 36.8. The second-order valence-corrected chi connectivity index (χ2v) is 5.25. The number of anilines is 1. The summed E-state index contributed by atoms with van der Waals surface area (Å²) in [5.41, 5.74) is 0.966. The van der Waals surface area contributed by atoms with Crippen LogP contribution in [-0.4, -0.2) is 37.0 Å². The summed E-state index contributed by atoms with van der Waals surface area (Å²) in [5.74, 6) is -0.875. The minimum absolute atomic E-state index is 0.0571. The standard InChI is InChI=1S/C17H24N2O4/c1-5-12(3)18-16(21)11-19(13(4)20)15-9-7-14(8-10-15)17(22)23-6-2/h7-10,12H,5-6,11H2,1-4H3,(H,18,21). The average molecular weight is 320 g/mol. The number of rotatable bonds is 7. The predicted molar refractivity (Wildman–Crippen MR) is 88.3 cm³/mol. The summed E-state index contributed by atoms with van der Waals surface area (Å²) in [6, 6.07) is 6.47. The number of carbonyl (C=O) groups is 3. The van der Waals surface area contributed by atoms with Gasteiger partial charge in [0.2, 0.25) is 11.8 Å². The molecule has 0 bridgehead atoms. The molecule has 0 heterocycles. The summed E-state index contributed by atoms with van der Waals surface area (Å²) in [5, 5.41) is 2.82. The maximum absolute atomic E-state index is 12.0. The predicted octanol–water partition coefficient (Wildman–Crippen LogP) is 2.13. The first-order valence-corrected chi connectivity index (χ1v) is 7.73. The van der Waals surface area contributed by atoms with Crippen molar-refractivity contribution >= 4 is 23.5 Å². The maximum Gasteiger partial charge on any atom is 0.338 e. The van der Waals surface area contributed by atoms with Gasteiger partial charge in [-0.15, -0.1) is 0 Å². The van der Waals surface area contributed by atoms with E-state index in [0.29, 0.717) is 17.9 Å². The quantitative estimate of drug-likeness (QED) is 0.781. The highest BCUT2D eigenvalue weighted by molar-refractivity contribution is 5.98. The van der Waals surface area contributed by atoms with Crippen molar-refractivity contribution in [3.8, 4) is 0 Å². The average Bonchev–Trinajstić information content (AvgIpc) is 2.52. The summed E-state index contributed by atoms with van der Waals surface area (Å²) < 4.78 is 4.91. The fraction of sp³-hybridized carbons (Fsp3) is 0.471. The van der Waals surface area contributed by atoms with Crippen molar-refractivity contribution in [3.05, 3.63) is 29.8 Å². The van der Waals surface area contributed by atoms with Crippen molar-refractivity contribution in [1.82, 2.24) is 5.32 Å². The van der Waals surface area contributed by atoms with E-state index in [2.05, 4.69) is 5.32 Å². The maximum atomic E-state index is 12.0. The number of ether oxygens (including phenoxy) is 1. The third-order valence-electron chi connectivity index (χ3n) is 3.39. The van der Waals surface area contributed by atoms with Crippen LogP contribution >= 0.6 is 0 Å². The molecule has 0 fully saturated rings. The Morgan fingerprint density at radius 3 is 2.26 bits per heavy atom. The summed E-state index contributed by atoms with van der Waals surface area (Å²) in [6.07, 6.45) is 0.819. The number of amides is 2. The minimum Gasteiger partial charge on any atom is -0.462 e. The highest BCUT2D eigenvalue weighted by Crippen LogP contribution is 2.16. The number of carbonyl (C=O) groups excluding carboxylic acids is 3. The molecule has 6 heteroatoms. The lowest BCUT2D eigenvalue weighted by atomic mass is 10.2. The normalized spacial score (nSPS) is 11.5. The van der Waals surface area contributed by atoms with Crippen LogP contribution in [0.1, 0.15) is 44.5 Å². The second kappa shape index (κ2) is 8.92. The molecule has 1 N–H and O–H groups in total. The van der Waals surface area contributed by atoms with Gasteiger partial charge in [0.15, 0.2) is 0 Å². The van der Waals surface area contributed by atoms with Crippen LogP contribution in [0.4, 0.5) is 5.69 Å². The minimum atomic E-state index is -0.414. The molecule has 0 aliphatic rings. The van der Waals surface area contributed by atoms with Crippen LogP contribution in [0.5, 0.6) is 0 Å². The topological polar surface area (TPSA) is 75.7 Å². The van der Waals surface area contributed by atoms with E-state index in [4.69, 9.17) is 4.74 Å². The van der Waals surface area contributed by atoms with E-state index in [-0.39, 0.29) is 24.4 Å². The molecule has 0 aliphatic heterocycles. The van der Waals surface area contributed by atoms with Crippen molar-refractivity contribution in [1.29, 1.82) is 0 Å². The van der Waals surface area contributed by atoms with Gasteiger partial charge in [0, 0.05) is 18.7 Å². The molecule has 23 heavy (non-hydrogen) atoms. The largest absolute Gasteiger partial charge is 0.462 e. The second-order valence-electron chi connectivity index (χ2n) is 5.25. The van der Waals surface area contributed by atoms with Gasteiger partial charge >= 0.3 is 5.97 Å². The van der Waals surface area contributed by atoms with Crippen LogP contribution in [-0.2, 0) is 14.3 Å². The Hall–Kier alpha value is -2.37. The first kappa shape index (κ1) is 18.7. The lowest BCUT2D eigenvalue weighted by Crippen LogP contribution is -2.42. The van der Waals surface area contributed by atoms with Crippen LogP contribution in [0, 0.1) is 0 Å². The van der Waals surface area contributed by atoms with E-state index in [9.17, 15) is 14.4 Å². The first-order valence-electron chi connectivity index (χ1n) is 7.73. The van der Waals surface area contributed by atoms with Gasteiger partial charge in [-0.2, -0.15) is 0 Å². The molecular formula is C17H24N2O4. The van der Waals surface area contributed by atoms with Crippen LogP contribution < -0.4 is 10.2 Å². The van der Waals surface area contributed by atoms with Crippen LogP contribution in [0.25, 0.3) is 0 Å². The van der Waals surface area contributed by atoms with Crippen molar-refractivity contribution in [3.63, 3.8) is 0 Å². The summed E-state index contributed by atoms with van der Waals surface area (Å²) in [7, 11) is 0. The number of nitrogens with one attached hydrogen (secondary N) is 1. The highest BCUT2D eigenvalue weighted by atomic mass is 16.5. The molecule has 0 saturated heterocycles. The molecule has 0 saturated carbocycles. The molecule has 2 amide bonds. The number of hydrogen-bond donors (Lipinski definition) is 1. The molecular weight excluding hydrogens is 296 g/mol. The van der Waals surface area contributed by atoms with E-state index in [1.807, 2.05) is 13.8 Å². The molecule has 126 valence electrons. The van der Waals surface area contributed by atoms with Crippen LogP contribution in [0.3, 0.4) is 0 Å². The molecule has 1 rings (SSSR count). The van der Waals surface area contributed by atoms with Gasteiger partial charge in [0.25, 0.3) is 0 Å². The molecule has 0 radical (unpaired) electrons. The van der Waals surface area contributed by atoms with E-state index >= 15 is 0 Å². The zero-order chi connectivity index (χ0) is 17.4. The van der Waals surface area contributed by atoms with E-state index in [0.717, 1.165) is 6.42 Å². The third-order valence-corrected chi connectivity index (χ3v) is 3.39. The monoisotopic (exact) mass is 320 g/mol. The number of hydrogen-bond acceptors (Lipinski definition) is 4. The number of nitrogens with zero attached hydrogens (tertiary/aromatic N) is 1. The Bertz CT molecular complexity index is 554. The van der Waals surface area contributed by atoms with Crippen molar-refractivity contribution in [2.45, 2.75) is 40.2 Å². The van der Waals surface area contributed by atoms with Crippen molar-refractivity contribution in [2.24, 2.45) is 0 Å². The van der Waals surface area contributed by atoms with Crippen LogP contribution in [0.2, 0.25) is 0 Å². The molecule has 1 aromatic rings. The Kier molecular flexibility index (Phi) is 7.25. The Labute approximate surface area is 136 Å². The Morgan fingerprint density at radius 2 is 1.78 bits per heavy atom. The van der Waals surface area contributed by atoms with Crippen molar-refractivity contribution in [2.75, 3.05) is 18.1 Å². The fourth-order valence-corrected chi connectivity index (χ4v) is 1.94. The van der Waals surface area contributed by atoms with Gasteiger partial charge in [-0.05, 0) is 44.5 Å². The molecule has 1 atom stereocenters. The molecule has 6 nitrogen and oxygen atoms in total. The summed E-state index contributed by atoms with van der Waals surface area (Å²) >= 11 is 0. The Morgan fingerprint density at radius 1 is 1.17 bits per heavy atom. The Balaban J connectivity index is 2.83. The van der Waals surface area contributed by atoms with Crippen LogP contribution in [0.15, 0.2) is 24.3 Å². The smallest absolute Gasteiger partial charge is 0.338 e. The SMILES string of the molecule is CCOC(=O)c1ccc(N(CC(=O)NC(C)CC)C(C)=O)cc1. The zero-order valence-electron chi connectivity index (χ0n) is 14.1. The van der Waals surface area contributed by atoms with Crippen molar-refractivity contribution < 1.29 is 19.1 Å². The molecule has 0 spiro atoms. The molecule has 1 aromatic carbocycles. The number of esters is 1. The van der Waals surface area contributed by atoms with Gasteiger partial charge in [0.1, 0.15) is 6.54 Å². The van der Waals surface area contributed by atoms with E-state index < -0.39 is 5.97 Å². The third kappa shape index (κ3) is 5.73. The van der Waals surface area contributed by atoms with Gasteiger partial charge in [-0.3, -0.25) is 9.59 Å². The molecule has 0 aromatic heterocycles. The fourth-order valence-electron chi connectivity index (χ4n) is 1.94. The highest BCUT2D eigenvalue weighted by Gasteiger charge is 2.17. The first-order chi connectivity index (χ1) is 10.9. The number of benzene rings is 1. The van der Waals surface area contributed by atoms with E-state index in [1.54, 1.807) is 31.2 Å². The van der Waals surface area contributed by atoms with E-state index in [1.165, 1.54) is 11.8 Å². The van der Waals surface area contributed by atoms with Gasteiger partial charge in [0.05, 0.1) is 12.2 Å². The molecule has 1 unspecified atom stereocenters.